The molecule has 4 heteroatoms. The van der Waals surface area contributed by atoms with E-state index in [1.165, 1.54) is 8.92 Å². The van der Waals surface area contributed by atoms with Gasteiger partial charge in [-0.15, -0.1) is 0 Å². The van der Waals surface area contributed by atoms with Crippen molar-refractivity contribution in [2.75, 3.05) is 0 Å². The monoisotopic (exact) mass is 306 g/mol. The average Bonchev–Trinajstić information content (AvgIpc) is 2.04. The van der Waals surface area contributed by atoms with E-state index >= 15 is 0 Å². The number of hydrogen-bond donors (Lipinski definition) is 0. The van der Waals surface area contributed by atoms with Gasteiger partial charge in [0.05, 0.1) is 0 Å². The third-order valence-corrected chi connectivity index (χ3v) is 5.59. The molecule has 0 radical (unpaired) electrons. The first-order chi connectivity index (χ1) is 4.88. The molecule has 0 amide bonds. The standard InChI is InChI=1S/C6H4Cl2Se2/c7-9-5-3-1-2-4-6(5)10-8/h1-4H. The molecule has 0 bridgehead atoms. The van der Waals surface area contributed by atoms with Gasteiger partial charge in [0.1, 0.15) is 0 Å². The van der Waals surface area contributed by atoms with Crippen LogP contribution in [0.3, 0.4) is 0 Å². The van der Waals surface area contributed by atoms with Crippen LogP contribution in [-0.2, 0) is 0 Å². The topological polar surface area (TPSA) is 0 Å². The molecule has 0 aliphatic heterocycles. The summed E-state index contributed by atoms with van der Waals surface area (Å²) in [7, 11) is 11.4. The Morgan fingerprint density at radius 3 is 1.60 bits per heavy atom. The Labute approximate surface area is 81.1 Å². The predicted molar refractivity (Wildman–Crippen MR) is 48.9 cm³/mol. The van der Waals surface area contributed by atoms with Crippen LogP contribution in [0.5, 0.6) is 0 Å². The molecular formula is C6H4Cl2Se2. The van der Waals surface area contributed by atoms with Gasteiger partial charge in [-0.3, -0.25) is 0 Å². The van der Waals surface area contributed by atoms with Crippen molar-refractivity contribution >= 4 is 57.2 Å². The zero-order valence-electron chi connectivity index (χ0n) is 4.88. The van der Waals surface area contributed by atoms with E-state index in [1.807, 2.05) is 24.3 Å². The molecule has 1 aromatic carbocycles. The molecule has 0 aromatic heterocycles. The minimum atomic E-state index is 0.0627. The summed E-state index contributed by atoms with van der Waals surface area (Å²) in [5.41, 5.74) is 0. The molecule has 0 N–H and O–H groups in total. The van der Waals surface area contributed by atoms with E-state index in [2.05, 4.69) is 0 Å². The predicted octanol–water partition coefficient (Wildman–Crippen LogP) is 0.653. The zero-order chi connectivity index (χ0) is 7.40. The van der Waals surface area contributed by atoms with Crippen LogP contribution in [0.15, 0.2) is 24.3 Å². The number of rotatable bonds is 2. The molecule has 0 unspecified atom stereocenters. The molecule has 54 valence electrons. The summed E-state index contributed by atoms with van der Waals surface area (Å²) in [5.74, 6) is 0. The summed E-state index contributed by atoms with van der Waals surface area (Å²) in [6, 6.07) is 8.05. The van der Waals surface area contributed by atoms with E-state index in [-0.39, 0.29) is 28.1 Å². The van der Waals surface area contributed by atoms with Crippen molar-refractivity contribution in [1.29, 1.82) is 0 Å². The van der Waals surface area contributed by atoms with Gasteiger partial charge in [-0.25, -0.2) is 0 Å². The summed E-state index contributed by atoms with van der Waals surface area (Å²) < 4.78 is 2.43. The summed E-state index contributed by atoms with van der Waals surface area (Å²) in [4.78, 5) is 0. The Hall–Kier alpha value is 0.839. The van der Waals surface area contributed by atoms with E-state index in [1.54, 1.807) is 0 Å². The van der Waals surface area contributed by atoms with Gasteiger partial charge in [0, 0.05) is 0 Å². The van der Waals surface area contributed by atoms with Crippen molar-refractivity contribution in [3.63, 3.8) is 0 Å². The van der Waals surface area contributed by atoms with E-state index in [4.69, 9.17) is 20.2 Å². The third kappa shape index (κ3) is 2.17. The molecular weight excluding hydrogens is 301 g/mol. The minimum absolute atomic E-state index is 0.0627. The quantitative estimate of drug-likeness (QED) is 0.704. The van der Waals surface area contributed by atoms with Gasteiger partial charge in [-0.1, -0.05) is 0 Å². The van der Waals surface area contributed by atoms with Gasteiger partial charge in [-0.2, -0.15) is 0 Å². The Morgan fingerprint density at radius 2 is 1.30 bits per heavy atom. The van der Waals surface area contributed by atoms with Crippen molar-refractivity contribution in [3.8, 4) is 0 Å². The molecule has 0 saturated carbocycles. The summed E-state index contributed by atoms with van der Waals surface area (Å²) in [5, 5.41) is 0. The van der Waals surface area contributed by atoms with Crippen LogP contribution in [0.2, 0.25) is 0 Å². The molecule has 0 heterocycles. The van der Waals surface area contributed by atoms with Crippen LogP contribution in [0, 0.1) is 0 Å². The van der Waals surface area contributed by atoms with Crippen LogP contribution in [0.1, 0.15) is 0 Å². The zero-order valence-corrected chi connectivity index (χ0v) is 9.82. The molecule has 0 atom stereocenters. The number of benzene rings is 1. The van der Waals surface area contributed by atoms with Gasteiger partial charge in [0.25, 0.3) is 0 Å². The second-order valence-electron chi connectivity index (χ2n) is 1.60. The molecule has 10 heavy (non-hydrogen) atoms. The van der Waals surface area contributed by atoms with E-state index in [9.17, 15) is 0 Å². The van der Waals surface area contributed by atoms with Crippen LogP contribution in [0.4, 0.5) is 0 Å². The maximum atomic E-state index is 5.72. The van der Waals surface area contributed by atoms with Crippen LogP contribution in [0.25, 0.3) is 0 Å². The van der Waals surface area contributed by atoms with Crippen molar-refractivity contribution in [3.05, 3.63) is 24.3 Å². The molecule has 0 saturated heterocycles. The first kappa shape index (κ1) is 8.93. The van der Waals surface area contributed by atoms with Gasteiger partial charge in [0.2, 0.25) is 0 Å². The van der Waals surface area contributed by atoms with E-state index < -0.39 is 0 Å². The second kappa shape index (κ2) is 4.66. The van der Waals surface area contributed by atoms with Crippen LogP contribution >= 0.6 is 20.2 Å². The van der Waals surface area contributed by atoms with Crippen molar-refractivity contribution < 1.29 is 0 Å². The Balaban J connectivity index is 2.96. The summed E-state index contributed by atoms with van der Waals surface area (Å²) in [6.07, 6.45) is 0. The van der Waals surface area contributed by atoms with Crippen molar-refractivity contribution in [2.45, 2.75) is 0 Å². The molecule has 1 rings (SSSR count). The Bertz CT molecular complexity index is 192. The number of halogens is 2. The molecule has 0 spiro atoms. The molecule has 1 aromatic rings. The normalized spacial score (nSPS) is 9.80. The van der Waals surface area contributed by atoms with Crippen LogP contribution < -0.4 is 8.92 Å². The van der Waals surface area contributed by atoms with Gasteiger partial charge >= 0.3 is 81.5 Å². The van der Waals surface area contributed by atoms with Gasteiger partial charge in [-0.05, 0) is 0 Å². The fourth-order valence-electron chi connectivity index (χ4n) is 0.578. The molecule has 0 fully saturated rings. The molecule has 0 aliphatic rings. The van der Waals surface area contributed by atoms with Gasteiger partial charge in [0.15, 0.2) is 0 Å². The molecule has 0 aliphatic carbocycles. The summed E-state index contributed by atoms with van der Waals surface area (Å²) >= 11 is 0.125. The summed E-state index contributed by atoms with van der Waals surface area (Å²) in [6.45, 7) is 0. The maximum absolute atomic E-state index is 5.72. The van der Waals surface area contributed by atoms with E-state index in [0.717, 1.165) is 0 Å². The first-order valence-corrected chi connectivity index (χ1v) is 8.76. The van der Waals surface area contributed by atoms with Crippen molar-refractivity contribution in [2.24, 2.45) is 0 Å². The van der Waals surface area contributed by atoms with Crippen LogP contribution in [-0.4, -0.2) is 28.1 Å². The fraction of sp³-hybridized carbons (Fsp3) is 0. The van der Waals surface area contributed by atoms with Gasteiger partial charge < -0.3 is 0 Å². The fourth-order valence-corrected chi connectivity index (χ4v) is 5.11. The average molecular weight is 305 g/mol. The SMILES string of the molecule is Cl[Se]c1ccccc1[Se]Cl. The third-order valence-electron chi connectivity index (χ3n) is 1.02. The Kier molecular flexibility index (Phi) is 4.16. The number of hydrogen-bond acceptors (Lipinski definition) is 0. The second-order valence-corrected chi connectivity index (χ2v) is 5.70. The van der Waals surface area contributed by atoms with E-state index in [0.29, 0.717) is 0 Å². The molecule has 0 nitrogen and oxygen atoms in total. The van der Waals surface area contributed by atoms with Crippen molar-refractivity contribution in [1.82, 2.24) is 0 Å². The first-order valence-electron chi connectivity index (χ1n) is 2.54. The Morgan fingerprint density at radius 1 is 0.900 bits per heavy atom.